The van der Waals surface area contributed by atoms with Crippen molar-refractivity contribution in [1.82, 2.24) is 14.6 Å². The molecule has 2 aliphatic heterocycles. The number of rotatable bonds is 8. The molecule has 0 radical (unpaired) electrons. The third-order valence-corrected chi connectivity index (χ3v) is 12.8. The minimum Gasteiger partial charge on any atom is -0.496 e. The van der Waals surface area contributed by atoms with Gasteiger partial charge in [-0.15, -0.1) is 6.58 Å². The fourth-order valence-electron chi connectivity index (χ4n) is 7.57. The topological polar surface area (TPSA) is 158 Å². The molecule has 13 heteroatoms. The summed E-state index contributed by atoms with van der Waals surface area (Å²) in [5.41, 5.74) is -0.946. The van der Waals surface area contributed by atoms with Crippen LogP contribution in [-0.4, -0.2) is 79.5 Å². The van der Waals surface area contributed by atoms with Crippen LogP contribution in [0.3, 0.4) is 0 Å². The van der Waals surface area contributed by atoms with Gasteiger partial charge in [0.15, 0.2) is 5.78 Å². The van der Waals surface area contributed by atoms with Gasteiger partial charge in [0, 0.05) is 24.4 Å². The van der Waals surface area contributed by atoms with Gasteiger partial charge in [-0.2, -0.15) is 0 Å². The van der Waals surface area contributed by atoms with Gasteiger partial charge >= 0.3 is 5.97 Å². The molecule has 3 heterocycles. The number of nitrogens with one attached hydrogen (secondary N) is 1. The average molecular weight is 724 g/mol. The molecule has 0 unspecified atom stereocenters. The number of pyridine rings is 1. The van der Waals surface area contributed by atoms with Crippen LogP contribution in [0.4, 0.5) is 0 Å². The fourth-order valence-corrected chi connectivity index (χ4v) is 8.95. The van der Waals surface area contributed by atoms with E-state index >= 15 is 0 Å². The van der Waals surface area contributed by atoms with Crippen molar-refractivity contribution in [2.24, 2.45) is 22.7 Å². The number of hydrogen-bond donors (Lipinski definition) is 1. The van der Waals surface area contributed by atoms with E-state index in [-0.39, 0.29) is 56.4 Å². The number of Topliss-reactive ketones (excluding diaryl/α,β-unsaturated/α-hetero) is 1. The Labute approximate surface area is 299 Å². The summed E-state index contributed by atoms with van der Waals surface area (Å²) in [6.07, 6.45) is 6.62. The van der Waals surface area contributed by atoms with E-state index < -0.39 is 56.0 Å². The number of amides is 2. The molecule has 3 fully saturated rings. The Morgan fingerprint density at radius 3 is 2.61 bits per heavy atom. The van der Waals surface area contributed by atoms with Crippen LogP contribution in [0.1, 0.15) is 84.1 Å². The van der Waals surface area contributed by atoms with Gasteiger partial charge in [-0.3, -0.25) is 23.9 Å². The Bertz CT molecular complexity index is 1830. The van der Waals surface area contributed by atoms with E-state index in [0.717, 1.165) is 41.3 Å². The Morgan fingerprint density at radius 2 is 1.94 bits per heavy atom. The highest BCUT2D eigenvalue weighted by atomic mass is 32.2. The maximum atomic E-state index is 14.5. The van der Waals surface area contributed by atoms with Crippen molar-refractivity contribution in [2.45, 2.75) is 102 Å². The van der Waals surface area contributed by atoms with Gasteiger partial charge in [-0.05, 0) is 85.4 Å². The van der Waals surface area contributed by atoms with Gasteiger partial charge in [0.2, 0.25) is 27.7 Å². The van der Waals surface area contributed by atoms with Crippen LogP contribution < -0.4 is 14.2 Å². The maximum absolute atomic E-state index is 14.5. The smallest absolute Gasteiger partial charge is 0.306 e. The number of ether oxygens (including phenoxy) is 3. The lowest BCUT2D eigenvalue weighted by atomic mass is 9.77. The summed E-state index contributed by atoms with van der Waals surface area (Å²) >= 11 is 0. The quantitative estimate of drug-likeness (QED) is 0.300. The summed E-state index contributed by atoms with van der Waals surface area (Å²) in [6, 6.07) is 4.85. The largest absolute Gasteiger partial charge is 0.496 e. The van der Waals surface area contributed by atoms with E-state index in [0.29, 0.717) is 25.1 Å². The average Bonchev–Trinajstić information content (AvgIpc) is 4.00. The first-order valence-electron chi connectivity index (χ1n) is 18.0. The van der Waals surface area contributed by atoms with E-state index in [9.17, 15) is 27.6 Å². The Kier molecular flexibility index (Phi) is 10.2. The molecule has 2 saturated carbocycles. The lowest BCUT2D eigenvalue weighted by Gasteiger charge is -2.34. The van der Waals surface area contributed by atoms with Crippen molar-refractivity contribution in [3.63, 3.8) is 0 Å². The summed E-state index contributed by atoms with van der Waals surface area (Å²) in [5, 5.41) is 1.05. The van der Waals surface area contributed by atoms with E-state index in [4.69, 9.17) is 14.2 Å². The molecule has 1 saturated heterocycles. The number of methoxy groups -OCH3 is 1. The third kappa shape index (κ3) is 7.78. The van der Waals surface area contributed by atoms with Crippen molar-refractivity contribution >= 4 is 44.4 Å². The molecule has 4 bridgehead atoms. The SMILES string of the molecule is C=C[C@@H]1C[C@]1(CC(=O)[C@@H]1C[C@@H]2CN1C(=O)[C@H](C(C)(C)C)CC(=O)OCCCCCc1cc3c(nccc3cc1OC)O2)C(=O)NS(=O)(=O)C1CC1. The fraction of sp³-hybridized carbons (Fsp3) is 0.605. The van der Waals surface area contributed by atoms with Crippen LogP contribution in [0, 0.1) is 22.7 Å². The van der Waals surface area contributed by atoms with E-state index in [1.807, 2.05) is 39.0 Å². The molecule has 1 N–H and O–H groups in total. The second-order valence-corrected chi connectivity index (χ2v) is 17.6. The van der Waals surface area contributed by atoms with Crippen LogP contribution in [-0.2, 0) is 40.4 Å². The van der Waals surface area contributed by atoms with Gasteiger partial charge in [0.25, 0.3) is 0 Å². The molecule has 2 amide bonds. The summed E-state index contributed by atoms with van der Waals surface area (Å²) < 4.78 is 45.5. The molecular formula is C38H49N3O9S. The molecule has 6 rings (SSSR count). The van der Waals surface area contributed by atoms with Gasteiger partial charge in [-0.25, -0.2) is 13.4 Å². The normalized spacial score (nSPS) is 27.6. The monoisotopic (exact) mass is 723 g/mol. The number of aryl methyl sites for hydroxylation is 1. The number of hydrogen-bond acceptors (Lipinski definition) is 10. The van der Waals surface area contributed by atoms with Crippen molar-refractivity contribution in [1.29, 1.82) is 0 Å². The number of aromatic nitrogens is 1. The zero-order chi connectivity index (χ0) is 36.7. The predicted molar refractivity (Wildman–Crippen MR) is 189 cm³/mol. The molecule has 51 heavy (non-hydrogen) atoms. The van der Waals surface area contributed by atoms with Crippen LogP contribution in [0.15, 0.2) is 37.1 Å². The number of fused-ring (bicyclic) bond motifs is 3. The number of ketones is 1. The molecule has 5 atom stereocenters. The highest BCUT2D eigenvalue weighted by Crippen LogP contribution is 2.57. The lowest BCUT2D eigenvalue weighted by Crippen LogP contribution is -2.48. The lowest BCUT2D eigenvalue weighted by molar-refractivity contribution is -0.153. The summed E-state index contributed by atoms with van der Waals surface area (Å²) in [6.45, 7) is 9.73. The Balaban J connectivity index is 1.34. The molecule has 12 nitrogen and oxygen atoms in total. The number of benzene rings is 1. The van der Waals surface area contributed by atoms with Crippen molar-refractivity contribution in [3.05, 3.63) is 42.6 Å². The minimum atomic E-state index is -3.84. The maximum Gasteiger partial charge on any atom is 0.306 e. The second kappa shape index (κ2) is 14.2. The van der Waals surface area contributed by atoms with Gasteiger partial charge in [0.1, 0.15) is 11.9 Å². The molecule has 2 aromatic rings. The van der Waals surface area contributed by atoms with Gasteiger partial charge in [0.05, 0.1) is 49.3 Å². The first kappa shape index (κ1) is 36.8. The van der Waals surface area contributed by atoms with Crippen LogP contribution in [0.5, 0.6) is 11.6 Å². The number of allylic oxidation sites excluding steroid dienone is 1. The molecular weight excluding hydrogens is 674 g/mol. The minimum absolute atomic E-state index is 0.0537. The Morgan fingerprint density at radius 1 is 1.18 bits per heavy atom. The van der Waals surface area contributed by atoms with Crippen LogP contribution in [0.25, 0.3) is 10.8 Å². The summed E-state index contributed by atoms with van der Waals surface area (Å²) in [5.74, 6) is -2.03. The predicted octanol–water partition coefficient (Wildman–Crippen LogP) is 4.67. The molecule has 276 valence electrons. The van der Waals surface area contributed by atoms with E-state index in [1.165, 1.54) is 4.90 Å². The summed E-state index contributed by atoms with van der Waals surface area (Å²) in [4.78, 5) is 61.6. The number of nitrogens with zero attached hydrogens (tertiary/aromatic N) is 2. The van der Waals surface area contributed by atoms with Crippen molar-refractivity contribution in [3.8, 4) is 11.6 Å². The van der Waals surface area contributed by atoms with Crippen LogP contribution >= 0.6 is 0 Å². The molecule has 0 spiro atoms. The molecule has 1 aromatic heterocycles. The molecule has 1 aromatic carbocycles. The van der Waals surface area contributed by atoms with Gasteiger partial charge in [-0.1, -0.05) is 26.8 Å². The zero-order valence-corrected chi connectivity index (χ0v) is 30.8. The summed E-state index contributed by atoms with van der Waals surface area (Å²) in [7, 11) is -2.21. The highest BCUT2D eigenvalue weighted by molar-refractivity contribution is 7.90. The zero-order valence-electron chi connectivity index (χ0n) is 29.9. The van der Waals surface area contributed by atoms with E-state index in [2.05, 4.69) is 16.3 Å². The van der Waals surface area contributed by atoms with E-state index in [1.54, 1.807) is 19.4 Å². The highest BCUT2D eigenvalue weighted by Gasteiger charge is 2.61. The molecule has 2 aliphatic carbocycles. The second-order valence-electron chi connectivity index (χ2n) is 15.7. The molecule has 4 aliphatic rings. The first-order valence-corrected chi connectivity index (χ1v) is 19.5. The number of carbonyl (C=O) groups is 4. The number of esters is 1. The van der Waals surface area contributed by atoms with Crippen LogP contribution in [0.2, 0.25) is 0 Å². The van der Waals surface area contributed by atoms with Gasteiger partial charge < -0.3 is 19.1 Å². The standard InChI is InChI=1S/C38H49N3O9S/c1-6-25-20-38(25,36(45)40-51(46,47)27-11-12-27)21-31(42)30-18-26-22-41(30)35(44)29(37(2,3)4)19-33(43)49-15-9-7-8-10-24-16-28-23(17-32(24)48-5)13-14-39-34(28)50-26/h6,13-14,16-17,25-27,29-30H,1,7-12,15,18-22H2,2-5H3,(H,40,45)/t25-,26-,29-,30+,38-/m1/s1. The first-order chi connectivity index (χ1) is 24.2. The Hall–Kier alpha value is -4.00. The number of sulfonamides is 1. The third-order valence-electron chi connectivity index (χ3n) is 11.0. The number of cyclic esters (lactones) is 1. The van der Waals surface area contributed by atoms with Crippen molar-refractivity contribution < 1.29 is 41.8 Å². The number of carbonyl (C=O) groups excluding carboxylic acids is 4. The van der Waals surface area contributed by atoms with Crippen molar-refractivity contribution in [2.75, 3.05) is 20.3 Å².